The van der Waals surface area contributed by atoms with Gasteiger partial charge in [-0.15, -0.1) is 0 Å². The maximum atomic E-state index is 10.3. The molecule has 3 nitrogen and oxygen atoms in total. The Kier molecular flexibility index (Phi) is 3.05. The first-order valence-electron chi connectivity index (χ1n) is 5.59. The molecule has 0 aromatic heterocycles. The van der Waals surface area contributed by atoms with Gasteiger partial charge in [0.15, 0.2) is 0 Å². The smallest absolute Gasteiger partial charge is 0.126 e. The fourth-order valence-corrected chi connectivity index (χ4v) is 2.03. The highest BCUT2D eigenvalue weighted by atomic mass is 16.5. The fraction of sp³-hybridized carbons (Fsp3) is 0.286. The van der Waals surface area contributed by atoms with E-state index in [0.29, 0.717) is 0 Å². The number of ether oxygens (including phenoxy) is 1. The van der Waals surface area contributed by atoms with E-state index >= 15 is 0 Å². The Morgan fingerprint density at radius 1 is 1.18 bits per heavy atom. The fourth-order valence-electron chi connectivity index (χ4n) is 2.03. The number of benzene rings is 2. The molecule has 3 heteroatoms. The molecular formula is C14H17NO2. The van der Waals surface area contributed by atoms with Crippen LogP contribution in [0.1, 0.15) is 12.5 Å². The second-order valence-corrected chi connectivity index (χ2v) is 4.34. The normalized spacial score (nSPS) is 14.6. The van der Waals surface area contributed by atoms with Gasteiger partial charge in [-0.3, -0.25) is 0 Å². The third-order valence-electron chi connectivity index (χ3n) is 3.08. The zero-order valence-electron chi connectivity index (χ0n) is 10.1. The molecule has 90 valence electrons. The van der Waals surface area contributed by atoms with Crippen molar-refractivity contribution in [2.75, 3.05) is 13.7 Å². The van der Waals surface area contributed by atoms with Crippen LogP contribution in [0.5, 0.6) is 5.75 Å². The number of hydrogen-bond acceptors (Lipinski definition) is 3. The molecule has 0 spiro atoms. The first kappa shape index (κ1) is 11.9. The number of rotatable bonds is 3. The molecular weight excluding hydrogens is 214 g/mol. The third kappa shape index (κ3) is 1.99. The lowest BCUT2D eigenvalue weighted by Crippen LogP contribution is -2.31. The summed E-state index contributed by atoms with van der Waals surface area (Å²) >= 11 is 0. The van der Waals surface area contributed by atoms with Gasteiger partial charge >= 0.3 is 0 Å². The minimum Gasteiger partial charge on any atom is -0.496 e. The highest BCUT2D eigenvalue weighted by molar-refractivity contribution is 5.91. The third-order valence-corrected chi connectivity index (χ3v) is 3.08. The van der Waals surface area contributed by atoms with E-state index in [9.17, 15) is 5.11 Å². The molecule has 0 bridgehead atoms. The zero-order valence-corrected chi connectivity index (χ0v) is 10.1. The van der Waals surface area contributed by atoms with Crippen LogP contribution in [0.25, 0.3) is 10.8 Å². The van der Waals surface area contributed by atoms with E-state index < -0.39 is 5.60 Å². The molecule has 2 aromatic carbocycles. The topological polar surface area (TPSA) is 55.5 Å². The van der Waals surface area contributed by atoms with E-state index in [2.05, 4.69) is 0 Å². The van der Waals surface area contributed by atoms with Crippen molar-refractivity contribution < 1.29 is 9.84 Å². The number of methoxy groups -OCH3 is 1. The first-order valence-corrected chi connectivity index (χ1v) is 5.59. The Hall–Kier alpha value is -1.58. The lowest BCUT2D eigenvalue weighted by molar-refractivity contribution is 0.0684. The molecule has 2 aromatic rings. The summed E-state index contributed by atoms with van der Waals surface area (Å²) in [6, 6.07) is 11.6. The van der Waals surface area contributed by atoms with Gasteiger partial charge in [-0.25, -0.2) is 0 Å². The predicted molar refractivity (Wildman–Crippen MR) is 69.1 cm³/mol. The molecule has 0 aliphatic heterocycles. The summed E-state index contributed by atoms with van der Waals surface area (Å²) in [5.74, 6) is 0.803. The number of fused-ring (bicyclic) bond motifs is 1. The average Bonchev–Trinajstić information content (AvgIpc) is 2.37. The molecule has 0 saturated heterocycles. The first-order chi connectivity index (χ1) is 8.10. The summed E-state index contributed by atoms with van der Waals surface area (Å²) in [4.78, 5) is 0. The summed E-state index contributed by atoms with van der Waals surface area (Å²) in [6.07, 6.45) is 0. The van der Waals surface area contributed by atoms with Crippen LogP contribution in [0.4, 0.5) is 0 Å². The maximum absolute atomic E-state index is 10.3. The lowest BCUT2D eigenvalue weighted by Gasteiger charge is -2.24. The Labute approximate surface area is 101 Å². The molecule has 0 heterocycles. The van der Waals surface area contributed by atoms with Gasteiger partial charge in [0.05, 0.1) is 12.7 Å². The van der Waals surface area contributed by atoms with Crippen LogP contribution in [0.2, 0.25) is 0 Å². The van der Waals surface area contributed by atoms with Gasteiger partial charge in [-0.2, -0.15) is 0 Å². The second-order valence-electron chi connectivity index (χ2n) is 4.34. The van der Waals surface area contributed by atoms with E-state index in [-0.39, 0.29) is 6.54 Å². The minimum absolute atomic E-state index is 0.184. The van der Waals surface area contributed by atoms with Crippen molar-refractivity contribution in [3.05, 3.63) is 42.0 Å². The molecule has 0 amide bonds. The maximum Gasteiger partial charge on any atom is 0.126 e. The van der Waals surface area contributed by atoms with Crippen LogP contribution >= 0.6 is 0 Å². The van der Waals surface area contributed by atoms with E-state index in [1.165, 1.54) is 0 Å². The summed E-state index contributed by atoms with van der Waals surface area (Å²) in [6.45, 7) is 1.91. The highest BCUT2D eigenvalue weighted by Crippen LogP contribution is 2.33. The van der Waals surface area contributed by atoms with Crippen molar-refractivity contribution in [1.82, 2.24) is 0 Å². The van der Waals surface area contributed by atoms with Crippen molar-refractivity contribution in [3.8, 4) is 5.75 Å². The van der Waals surface area contributed by atoms with E-state index in [1.54, 1.807) is 14.0 Å². The van der Waals surface area contributed by atoms with Gasteiger partial charge in [0.25, 0.3) is 0 Å². The van der Waals surface area contributed by atoms with Crippen LogP contribution in [0.3, 0.4) is 0 Å². The minimum atomic E-state index is -1.02. The van der Waals surface area contributed by atoms with Crippen LogP contribution in [0, 0.1) is 0 Å². The molecule has 3 N–H and O–H groups in total. The van der Waals surface area contributed by atoms with Crippen LogP contribution in [-0.4, -0.2) is 18.8 Å². The Morgan fingerprint density at radius 3 is 2.41 bits per heavy atom. The summed E-state index contributed by atoms with van der Waals surface area (Å²) < 4.78 is 5.32. The largest absolute Gasteiger partial charge is 0.496 e. The summed E-state index contributed by atoms with van der Waals surface area (Å²) in [5, 5.41) is 12.3. The van der Waals surface area contributed by atoms with Crippen molar-refractivity contribution in [3.63, 3.8) is 0 Å². The molecule has 17 heavy (non-hydrogen) atoms. The van der Waals surface area contributed by atoms with Crippen molar-refractivity contribution in [1.29, 1.82) is 0 Å². The van der Waals surface area contributed by atoms with Gasteiger partial charge < -0.3 is 15.6 Å². The molecule has 0 aliphatic rings. The van der Waals surface area contributed by atoms with Crippen molar-refractivity contribution in [2.24, 2.45) is 5.73 Å². The SMILES string of the molecule is COc1ccc(C(C)(O)CN)c2ccccc12. The highest BCUT2D eigenvalue weighted by Gasteiger charge is 2.23. The number of nitrogens with two attached hydrogens (primary N) is 1. The quantitative estimate of drug-likeness (QED) is 0.849. The van der Waals surface area contributed by atoms with Gasteiger partial charge in [-0.05, 0) is 23.9 Å². The van der Waals surface area contributed by atoms with E-state index in [4.69, 9.17) is 10.5 Å². The van der Waals surface area contributed by atoms with Crippen molar-refractivity contribution >= 4 is 10.8 Å². The number of aliphatic hydroxyl groups is 1. The molecule has 1 atom stereocenters. The molecule has 0 radical (unpaired) electrons. The van der Waals surface area contributed by atoms with Gasteiger partial charge in [0, 0.05) is 11.9 Å². The van der Waals surface area contributed by atoms with Crippen LogP contribution < -0.4 is 10.5 Å². The molecule has 2 rings (SSSR count). The van der Waals surface area contributed by atoms with Crippen molar-refractivity contribution in [2.45, 2.75) is 12.5 Å². The van der Waals surface area contributed by atoms with E-state index in [0.717, 1.165) is 22.1 Å². The molecule has 1 unspecified atom stereocenters. The van der Waals surface area contributed by atoms with Crippen LogP contribution in [-0.2, 0) is 5.60 Å². The second kappa shape index (κ2) is 4.35. The average molecular weight is 231 g/mol. The number of hydrogen-bond donors (Lipinski definition) is 2. The van der Waals surface area contributed by atoms with Gasteiger partial charge in [0.1, 0.15) is 5.75 Å². The lowest BCUT2D eigenvalue weighted by atomic mass is 9.90. The van der Waals surface area contributed by atoms with Gasteiger partial charge in [0.2, 0.25) is 0 Å². The Bertz CT molecular complexity index is 535. The van der Waals surface area contributed by atoms with E-state index in [1.807, 2.05) is 36.4 Å². The van der Waals surface area contributed by atoms with Crippen LogP contribution in [0.15, 0.2) is 36.4 Å². The van der Waals surface area contributed by atoms with Gasteiger partial charge in [-0.1, -0.05) is 30.3 Å². The molecule has 0 saturated carbocycles. The molecule has 0 aliphatic carbocycles. The monoisotopic (exact) mass is 231 g/mol. The standard InChI is InChI=1S/C14H17NO2/c1-14(16,9-15)12-7-8-13(17-2)11-6-4-3-5-10(11)12/h3-8,16H,9,15H2,1-2H3. The zero-order chi connectivity index (χ0) is 12.5. The molecule has 0 fully saturated rings. The summed E-state index contributed by atoms with van der Waals surface area (Å²) in [5.41, 5.74) is 5.43. The predicted octanol–water partition coefficient (Wildman–Crippen LogP) is 2.01. The Balaban J connectivity index is 2.75. The Morgan fingerprint density at radius 2 is 1.82 bits per heavy atom. The summed E-state index contributed by atoms with van der Waals surface area (Å²) in [7, 11) is 1.64.